The number of nitrogens with two attached hydrogens (primary N) is 1. The summed E-state index contributed by atoms with van der Waals surface area (Å²) in [5, 5.41) is 27.2. The molecule has 0 amide bonds. The van der Waals surface area contributed by atoms with Crippen LogP contribution >= 0.6 is 0 Å². The van der Waals surface area contributed by atoms with Crippen molar-refractivity contribution in [2.24, 2.45) is 5.73 Å². The van der Waals surface area contributed by atoms with Crippen LogP contribution in [-0.2, 0) is 12.0 Å². The molecule has 1 aromatic carbocycles. The van der Waals surface area contributed by atoms with Gasteiger partial charge in [0.1, 0.15) is 0 Å². The topological polar surface area (TPSA) is 86.7 Å². The zero-order chi connectivity index (χ0) is 12.7. The number of benzene rings is 1. The summed E-state index contributed by atoms with van der Waals surface area (Å²) in [6.07, 6.45) is 1.33. The van der Waals surface area contributed by atoms with Crippen LogP contribution in [-0.4, -0.2) is 35.1 Å². The van der Waals surface area contributed by atoms with Crippen LogP contribution in [0, 0.1) is 0 Å². The van der Waals surface area contributed by atoms with E-state index in [2.05, 4.69) is 0 Å². The molecule has 0 bridgehead atoms. The Bertz CT molecular complexity index is 335. The first-order valence-corrected chi connectivity index (χ1v) is 5.88. The summed E-state index contributed by atoms with van der Waals surface area (Å²) in [5.74, 6) is 0. The molecule has 0 fully saturated rings. The monoisotopic (exact) mass is 239 g/mol. The summed E-state index contributed by atoms with van der Waals surface area (Å²) in [6.45, 7) is 0.0132. The lowest BCUT2D eigenvalue weighted by Gasteiger charge is -2.31. The van der Waals surface area contributed by atoms with E-state index in [4.69, 9.17) is 21.1 Å². The van der Waals surface area contributed by atoms with Crippen LogP contribution in [0.25, 0.3) is 0 Å². The summed E-state index contributed by atoms with van der Waals surface area (Å²) in [7, 11) is 0. The molecular weight excluding hydrogens is 218 g/mol. The van der Waals surface area contributed by atoms with Gasteiger partial charge in [-0.05, 0) is 30.4 Å². The van der Waals surface area contributed by atoms with Crippen LogP contribution in [0.3, 0.4) is 0 Å². The normalized spacial score (nSPS) is 11.8. The number of hydrogen-bond donors (Lipinski definition) is 4. The van der Waals surface area contributed by atoms with Gasteiger partial charge in [-0.2, -0.15) is 0 Å². The highest BCUT2D eigenvalue weighted by molar-refractivity contribution is 5.33. The van der Waals surface area contributed by atoms with E-state index in [0.717, 1.165) is 11.1 Å². The van der Waals surface area contributed by atoms with Gasteiger partial charge in [0.2, 0.25) is 0 Å². The van der Waals surface area contributed by atoms with Crippen molar-refractivity contribution in [1.82, 2.24) is 0 Å². The third-order valence-electron chi connectivity index (χ3n) is 3.05. The Hall–Kier alpha value is -0.940. The van der Waals surface area contributed by atoms with Crippen molar-refractivity contribution in [3.63, 3.8) is 0 Å². The third kappa shape index (κ3) is 3.51. The van der Waals surface area contributed by atoms with Crippen molar-refractivity contribution in [2.45, 2.75) is 24.8 Å². The molecule has 0 radical (unpaired) electrons. The van der Waals surface area contributed by atoms with Crippen LogP contribution in [0.4, 0.5) is 0 Å². The lowest BCUT2D eigenvalue weighted by Crippen LogP contribution is -2.39. The number of aliphatic hydroxyl groups excluding tert-OH is 3. The Labute approximate surface area is 102 Å². The van der Waals surface area contributed by atoms with Gasteiger partial charge >= 0.3 is 0 Å². The predicted octanol–water partition coefficient (Wildman–Crippen LogP) is 0.140. The first kappa shape index (κ1) is 14.1. The molecule has 0 aliphatic carbocycles. The van der Waals surface area contributed by atoms with E-state index in [1.54, 1.807) is 0 Å². The van der Waals surface area contributed by atoms with Gasteiger partial charge in [0.15, 0.2) is 0 Å². The van der Waals surface area contributed by atoms with Gasteiger partial charge in [0, 0.05) is 25.4 Å². The Morgan fingerprint density at radius 3 is 2.06 bits per heavy atom. The van der Waals surface area contributed by atoms with Gasteiger partial charge in [-0.3, -0.25) is 0 Å². The Kier molecular flexibility index (Phi) is 5.58. The predicted molar refractivity (Wildman–Crippen MR) is 66.5 cm³/mol. The first-order valence-electron chi connectivity index (χ1n) is 5.88. The minimum atomic E-state index is -0.727. The molecule has 0 aliphatic heterocycles. The van der Waals surface area contributed by atoms with Gasteiger partial charge in [0.25, 0.3) is 0 Å². The van der Waals surface area contributed by atoms with Gasteiger partial charge in [-0.1, -0.05) is 24.3 Å². The van der Waals surface area contributed by atoms with E-state index >= 15 is 0 Å². The molecule has 17 heavy (non-hydrogen) atoms. The van der Waals surface area contributed by atoms with Crippen molar-refractivity contribution in [3.8, 4) is 0 Å². The lowest BCUT2D eigenvalue weighted by atomic mass is 9.81. The van der Waals surface area contributed by atoms with E-state index in [0.29, 0.717) is 19.3 Å². The van der Waals surface area contributed by atoms with Crippen molar-refractivity contribution in [3.05, 3.63) is 35.4 Å². The van der Waals surface area contributed by atoms with Crippen LogP contribution in [0.5, 0.6) is 0 Å². The standard InChI is InChI=1S/C13H21NO3/c14-13(6-9-16,7-10-17)12-4-2-1-3-11(12)5-8-15/h1-4,15-17H,5-10,14H2. The zero-order valence-electron chi connectivity index (χ0n) is 9.97. The molecule has 0 heterocycles. The van der Waals surface area contributed by atoms with E-state index in [1.807, 2.05) is 24.3 Å². The molecule has 5 N–H and O–H groups in total. The average molecular weight is 239 g/mol. The van der Waals surface area contributed by atoms with Gasteiger partial charge in [-0.15, -0.1) is 0 Å². The highest BCUT2D eigenvalue weighted by Crippen LogP contribution is 2.28. The molecule has 0 aliphatic rings. The third-order valence-corrected chi connectivity index (χ3v) is 3.05. The summed E-state index contributed by atoms with van der Waals surface area (Å²) in [6, 6.07) is 7.59. The second kappa shape index (κ2) is 6.71. The maximum Gasteiger partial charge on any atom is 0.0471 e. The molecule has 4 heteroatoms. The molecular formula is C13H21NO3. The molecule has 1 rings (SSSR count). The minimum Gasteiger partial charge on any atom is -0.396 e. The van der Waals surface area contributed by atoms with Crippen LogP contribution in [0.2, 0.25) is 0 Å². The number of aliphatic hydroxyl groups is 3. The van der Waals surface area contributed by atoms with Crippen molar-refractivity contribution < 1.29 is 15.3 Å². The van der Waals surface area contributed by atoms with Gasteiger partial charge in [0.05, 0.1) is 0 Å². The van der Waals surface area contributed by atoms with Crippen molar-refractivity contribution in [2.75, 3.05) is 19.8 Å². The van der Waals surface area contributed by atoms with Crippen LogP contribution in [0.15, 0.2) is 24.3 Å². The van der Waals surface area contributed by atoms with Gasteiger partial charge < -0.3 is 21.1 Å². The maximum absolute atomic E-state index is 9.10. The molecule has 0 saturated heterocycles. The molecule has 1 aromatic rings. The minimum absolute atomic E-state index is 0.0238. The first-order chi connectivity index (χ1) is 8.18. The smallest absolute Gasteiger partial charge is 0.0471 e. The fourth-order valence-corrected chi connectivity index (χ4v) is 2.14. The summed E-state index contributed by atoms with van der Waals surface area (Å²) in [4.78, 5) is 0. The molecule has 4 nitrogen and oxygen atoms in total. The molecule has 0 unspecified atom stereocenters. The fraction of sp³-hybridized carbons (Fsp3) is 0.538. The molecule has 0 saturated carbocycles. The van der Waals surface area contributed by atoms with E-state index in [9.17, 15) is 0 Å². The molecule has 96 valence electrons. The highest BCUT2D eigenvalue weighted by atomic mass is 16.3. The number of rotatable bonds is 7. The average Bonchev–Trinajstić information content (AvgIpc) is 2.31. The maximum atomic E-state index is 9.10. The van der Waals surface area contributed by atoms with E-state index in [-0.39, 0.29) is 19.8 Å². The fourth-order valence-electron chi connectivity index (χ4n) is 2.14. The van der Waals surface area contributed by atoms with Crippen molar-refractivity contribution >= 4 is 0 Å². The summed E-state index contributed by atoms with van der Waals surface area (Å²) >= 11 is 0. The second-order valence-electron chi connectivity index (χ2n) is 4.23. The highest BCUT2D eigenvalue weighted by Gasteiger charge is 2.28. The van der Waals surface area contributed by atoms with E-state index < -0.39 is 5.54 Å². The van der Waals surface area contributed by atoms with Crippen LogP contribution < -0.4 is 5.73 Å². The molecule has 0 aromatic heterocycles. The Balaban J connectivity index is 3.08. The second-order valence-corrected chi connectivity index (χ2v) is 4.23. The quantitative estimate of drug-likeness (QED) is 0.545. The largest absolute Gasteiger partial charge is 0.396 e. The Morgan fingerprint density at radius 1 is 0.941 bits per heavy atom. The number of hydrogen-bond acceptors (Lipinski definition) is 4. The van der Waals surface area contributed by atoms with E-state index in [1.165, 1.54) is 0 Å². The van der Waals surface area contributed by atoms with Crippen LogP contribution in [0.1, 0.15) is 24.0 Å². The lowest BCUT2D eigenvalue weighted by molar-refractivity contribution is 0.192. The molecule has 0 spiro atoms. The molecule has 0 atom stereocenters. The zero-order valence-corrected chi connectivity index (χ0v) is 9.97. The summed E-state index contributed by atoms with van der Waals surface area (Å²) < 4.78 is 0. The Morgan fingerprint density at radius 2 is 1.53 bits per heavy atom. The van der Waals surface area contributed by atoms with Crippen molar-refractivity contribution in [1.29, 1.82) is 0 Å². The summed E-state index contributed by atoms with van der Waals surface area (Å²) in [5.41, 5.74) is 7.41. The SMILES string of the molecule is NC(CCO)(CCO)c1ccccc1CCO. The van der Waals surface area contributed by atoms with Gasteiger partial charge in [-0.25, -0.2) is 0 Å².